The van der Waals surface area contributed by atoms with Gasteiger partial charge in [0.2, 0.25) is 5.91 Å². The molecule has 1 saturated heterocycles. The Labute approximate surface area is 142 Å². The van der Waals surface area contributed by atoms with Gasteiger partial charge in [0, 0.05) is 23.7 Å². The Kier molecular flexibility index (Phi) is 6.17. The van der Waals surface area contributed by atoms with E-state index < -0.39 is 30.3 Å². The molecule has 0 aliphatic carbocycles. The van der Waals surface area contributed by atoms with Crippen molar-refractivity contribution in [3.05, 3.63) is 33.6 Å². The Morgan fingerprint density at radius 2 is 2.13 bits per heavy atom. The molecule has 23 heavy (non-hydrogen) atoms. The van der Waals surface area contributed by atoms with Gasteiger partial charge in [-0.1, -0.05) is 23.2 Å². The van der Waals surface area contributed by atoms with Gasteiger partial charge >= 0.3 is 5.97 Å². The predicted octanol–water partition coefficient (Wildman–Crippen LogP) is 1.71. The molecule has 1 atom stereocenters. The van der Waals surface area contributed by atoms with Crippen molar-refractivity contribution in [1.82, 2.24) is 10.2 Å². The van der Waals surface area contributed by atoms with Gasteiger partial charge in [-0.15, -0.1) is 0 Å². The van der Waals surface area contributed by atoms with Gasteiger partial charge in [-0.3, -0.25) is 14.5 Å². The van der Waals surface area contributed by atoms with E-state index in [0.717, 1.165) is 0 Å². The lowest BCUT2D eigenvalue weighted by Gasteiger charge is -2.33. The van der Waals surface area contributed by atoms with Crippen LogP contribution in [0.5, 0.6) is 0 Å². The van der Waals surface area contributed by atoms with Crippen LogP contribution in [-0.2, 0) is 14.3 Å². The summed E-state index contributed by atoms with van der Waals surface area (Å²) in [6.45, 7) is 0.783. The van der Waals surface area contributed by atoms with Crippen LogP contribution in [0.15, 0.2) is 12.1 Å². The molecule has 0 saturated carbocycles. The summed E-state index contributed by atoms with van der Waals surface area (Å²) in [6.07, 6.45) is -0.490. The fourth-order valence-electron chi connectivity index (χ4n) is 2.25. The van der Waals surface area contributed by atoms with Crippen LogP contribution in [0.4, 0.5) is 4.39 Å². The molecule has 1 unspecified atom stereocenters. The molecule has 1 aromatic carbocycles. The zero-order chi connectivity index (χ0) is 17.0. The summed E-state index contributed by atoms with van der Waals surface area (Å²) in [6, 6.07) is 2.54. The molecule has 2 N–H and O–H groups in total. The Balaban J connectivity index is 1.99. The molecule has 9 heteroatoms. The summed E-state index contributed by atoms with van der Waals surface area (Å²) in [5, 5.41) is 11.0. The van der Waals surface area contributed by atoms with E-state index in [4.69, 9.17) is 33.0 Å². The van der Waals surface area contributed by atoms with Gasteiger partial charge in [0.25, 0.3) is 0 Å². The molecule has 1 aliphatic rings. The van der Waals surface area contributed by atoms with E-state index in [1.807, 2.05) is 0 Å². The minimum atomic E-state index is -1.11. The number of nitrogens with zero attached hydrogens (tertiary/aromatic N) is 1. The Bertz CT molecular complexity index is 615. The number of halogens is 3. The molecule has 1 amide bonds. The molecular weight excluding hydrogens is 350 g/mol. The maximum absolute atomic E-state index is 13.6. The number of carboxylic acids is 1. The minimum absolute atomic E-state index is 0.0286. The van der Waals surface area contributed by atoms with E-state index in [0.29, 0.717) is 30.3 Å². The number of carbonyl (C=O) groups excluding carboxylic acids is 1. The highest BCUT2D eigenvalue weighted by Gasteiger charge is 2.26. The third-order valence-electron chi connectivity index (χ3n) is 3.34. The normalized spacial score (nSPS) is 18.7. The van der Waals surface area contributed by atoms with Gasteiger partial charge in [0.1, 0.15) is 12.4 Å². The number of benzene rings is 1. The third kappa shape index (κ3) is 5.04. The maximum atomic E-state index is 13.6. The standard InChI is InChI=1S/C14H15Cl2FN2O4/c15-9-4-10(16)11(17)3-8(9)12-6-19(1-2-23-12)7-13(20)18-5-14(21)22/h3-4,12H,1-2,5-7H2,(H,18,20)(H,21,22). The zero-order valence-corrected chi connectivity index (χ0v) is 13.5. The molecule has 2 rings (SSSR count). The number of ether oxygens (including phenoxy) is 1. The first-order chi connectivity index (χ1) is 10.9. The Morgan fingerprint density at radius 1 is 1.39 bits per heavy atom. The summed E-state index contributed by atoms with van der Waals surface area (Å²) in [7, 11) is 0. The van der Waals surface area contributed by atoms with E-state index in [-0.39, 0.29) is 11.6 Å². The van der Waals surface area contributed by atoms with Crippen LogP contribution in [0, 0.1) is 5.82 Å². The number of rotatable bonds is 5. The maximum Gasteiger partial charge on any atom is 0.322 e. The number of aliphatic carboxylic acids is 1. The molecule has 1 fully saturated rings. The largest absolute Gasteiger partial charge is 0.480 e. The summed E-state index contributed by atoms with van der Waals surface area (Å²) in [5.74, 6) is -2.10. The highest BCUT2D eigenvalue weighted by molar-refractivity contribution is 6.35. The van der Waals surface area contributed by atoms with Crippen molar-refractivity contribution >= 4 is 35.1 Å². The van der Waals surface area contributed by atoms with Gasteiger partial charge in [-0.05, 0) is 12.1 Å². The lowest BCUT2D eigenvalue weighted by atomic mass is 10.1. The quantitative estimate of drug-likeness (QED) is 0.777. The van der Waals surface area contributed by atoms with Crippen molar-refractivity contribution in [2.45, 2.75) is 6.10 Å². The molecule has 126 valence electrons. The molecule has 0 aromatic heterocycles. The van der Waals surface area contributed by atoms with Gasteiger partial charge in [0.15, 0.2) is 0 Å². The van der Waals surface area contributed by atoms with Crippen LogP contribution in [-0.4, -0.2) is 54.7 Å². The second-order valence-corrected chi connectivity index (χ2v) is 5.87. The van der Waals surface area contributed by atoms with Crippen molar-refractivity contribution in [2.75, 3.05) is 32.8 Å². The zero-order valence-electron chi connectivity index (χ0n) is 12.0. The predicted molar refractivity (Wildman–Crippen MR) is 82.2 cm³/mol. The topological polar surface area (TPSA) is 78.9 Å². The lowest BCUT2D eigenvalue weighted by molar-refractivity contribution is -0.138. The average Bonchev–Trinajstić information content (AvgIpc) is 2.49. The summed E-state index contributed by atoms with van der Waals surface area (Å²) >= 11 is 11.7. The molecule has 1 aliphatic heterocycles. The fourth-order valence-corrected chi connectivity index (χ4v) is 2.76. The second-order valence-electron chi connectivity index (χ2n) is 5.05. The van der Waals surface area contributed by atoms with E-state index in [1.165, 1.54) is 12.1 Å². The van der Waals surface area contributed by atoms with E-state index >= 15 is 0 Å². The first-order valence-corrected chi connectivity index (χ1v) is 7.59. The number of hydrogen-bond donors (Lipinski definition) is 2. The van der Waals surface area contributed by atoms with E-state index in [9.17, 15) is 14.0 Å². The minimum Gasteiger partial charge on any atom is -0.480 e. The lowest BCUT2D eigenvalue weighted by Crippen LogP contribution is -2.45. The molecule has 0 bridgehead atoms. The van der Waals surface area contributed by atoms with Crippen LogP contribution in [0.3, 0.4) is 0 Å². The van der Waals surface area contributed by atoms with Gasteiger partial charge in [-0.25, -0.2) is 4.39 Å². The number of morpholine rings is 1. The van der Waals surface area contributed by atoms with E-state index in [2.05, 4.69) is 5.32 Å². The summed E-state index contributed by atoms with van der Waals surface area (Å²) < 4.78 is 19.2. The second kappa shape index (κ2) is 7.92. The van der Waals surface area contributed by atoms with Crippen LogP contribution in [0.25, 0.3) is 0 Å². The number of carboxylic acid groups (broad SMARTS) is 1. The van der Waals surface area contributed by atoms with Crippen molar-refractivity contribution in [1.29, 1.82) is 0 Å². The number of carbonyl (C=O) groups is 2. The molecule has 0 spiro atoms. The molecule has 0 radical (unpaired) electrons. The summed E-state index contributed by atoms with van der Waals surface area (Å²) in [5.41, 5.74) is 0.462. The van der Waals surface area contributed by atoms with Crippen LogP contribution < -0.4 is 5.32 Å². The summed E-state index contributed by atoms with van der Waals surface area (Å²) in [4.78, 5) is 23.9. The Morgan fingerprint density at radius 3 is 2.83 bits per heavy atom. The van der Waals surface area contributed by atoms with Crippen LogP contribution >= 0.6 is 23.2 Å². The average molecular weight is 365 g/mol. The van der Waals surface area contributed by atoms with Crippen molar-refractivity contribution in [2.24, 2.45) is 0 Å². The van der Waals surface area contributed by atoms with Crippen molar-refractivity contribution < 1.29 is 23.8 Å². The van der Waals surface area contributed by atoms with Crippen LogP contribution in [0.1, 0.15) is 11.7 Å². The van der Waals surface area contributed by atoms with Crippen LogP contribution in [0.2, 0.25) is 10.0 Å². The third-order valence-corrected chi connectivity index (χ3v) is 3.96. The van der Waals surface area contributed by atoms with E-state index in [1.54, 1.807) is 4.90 Å². The van der Waals surface area contributed by atoms with Gasteiger partial charge in [-0.2, -0.15) is 0 Å². The SMILES string of the molecule is O=C(O)CNC(=O)CN1CCOC(c2cc(F)c(Cl)cc2Cl)C1. The highest BCUT2D eigenvalue weighted by Crippen LogP contribution is 2.32. The molecular formula is C14H15Cl2FN2O4. The van der Waals surface area contributed by atoms with Crippen molar-refractivity contribution in [3.8, 4) is 0 Å². The Hall–Kier alpha value is -1.41. The van der Waals surface area contributed by atoms with Gasteiger partial charge < -0.3 is 15.2 Å². The molecule has 6 nitrogen and oxygen atoms in total. The molecule has 1 heterocycles. The number of hydrogen-bond acceptors (Lipinski definition) is 4. The first kappa shape index (κ1) is 17.9. The first-order valence-electron chi connectivity index (χ1n) is 6.83. The van der Waals surface area contributed by atoms with Gasteiger partial charge in [0.05, 0.1) is 24.3 Å². The fraction of sp³-hybridized carbons (Fsp3) is 0.429. The number of amides is 1. The van der Waals surface area contributed by atoms with Crippen molar-refractivity contribution in [3.63, 3.8) is 0 Å². The molecule has 1 aromatic rings. The highest BCUT2D eigenvalue weighted by atomic mass is 35.5. The number of nitrogens with one attached hydrogen (secondary N) is 1. The smallest absolute Gasteiger partial charge is 0.322 e. The monoisotopic (exact) mass is 364 g/mol.